The van der Waals surface area contributed by atoms with Crippen LogP contribution in [0.3, 0.4) is 0 Å². The summed E-state index contributed by atoms with van der Waals surface area (Å²) in [4.78, 5) is 0. The third-order valence-corrected chi connectivity index (χ3v) is 7.28. The Kier molecular flexibility index (Phi) is 12.7. The minimum absolute atomic E-state index is 0.00944. The molecule has 3 atom stereocenters. The van der Waals surface area contributed by atoms with Crippen LogP contribution in [0.5, 0.6) is 11.5 Å². The topological polar surface area (TPSA) is 111 Å². The molecule has 9 heteroatoms. The van der Waals surface area contributed by atoms with Crippen molar-refractivity contribution in [2.45, 2.75) is 65.1 Å². The van der Waals surface area contributed by atoms with Gasteiger partial charge in [-0.05, 0) is 56.2 Å². The first kappa shape index (κ1) is 29.6. The molecule has 0 spiro atoms. The number of sulfonamides is 1. The summed E-state index contributed by atoms with van der Waals surface area (Å²) in [7, 11) is -0.145. The second-order valence-electron chi connectivity index (χ2n) is 9.28. The summed E-state index contributed by atoms with van der Waals surface area (Å²) >= 11 is 0. The Morgan fingerprint density at radius 3 is 2.27 bits per heavy atom. The first-order valence-corrected chi connectivity index (χ1v) is 13.4. The molecule has 0 amide bonds. The van der Waals surface area contributed by atoms with Crippen LogP contribution in [0.1, 0.15) is 46.1 Å². The summed E-state index contributed by atoms with van der Waals surface area (Å²) in [5, 5.41) is 10.7. The van der Waals surface area contributed by atoms with E-state index in [1.165, 1.54) is 4.31 Å². The zero-order valence-corrected chi connectivity index (χ0v) is 22.1. The third-order valence-electron chi connectivity index (χ3n) is 5.86. The lowest BCUT2D eigenvalue weighted by Crippen LogP contribution is -2.48. The highest BCUT2D eigenvalue weighted by Crippen LogP contribution is 2.31. The second kappa shape index (κ2) is 14.1. The highest BCUT2D eigenvalue weighted by molar-refractivity contribution is 7.88. The van der Waals surface area contributed by atoms with E-state index in [1.807, 2.05) is 18.2 Å². The van der Waals surface area contributed by atoms with Crippen molar-refractivity contribution < 1.29 is 27.7 Å². The van der Waals surface area contributed by atoms with Gasteiger partial charge in [0.1, 0.15) is 0 Å². The molecule has 0 heterocycles. The molecule has 1 rings (SSSR count). The Bertz CT molecular complexity index is 800. The summed E-state index contributed by atoms with van der Waals surface area (Å²) in [6.07, 6.45) is 2.33. The standard InChI is InChI=1S/C24H44N2O6S/c1-17(2)20(15-21(25)22(27)16-26(18(3)4)33(7,28)29)13-19-9-10-23(31-6)24(14-19)32-12-8-11-30-5/h9-10,14,17-18,20-22,27H,8,11-13,15-16,25H2,1-7H3. The quantitative estimate of drug-likeness (QED) is 0.344. The molecule has 3 unspecified atom stereocenters. The maximum atomic E-state index is 12.0. The number of aliphatic hydroxyl groups excluding tert-OH is 1. The van der Waals surface area contributed by atoms with Crippen molar-refractivity contribution in [2.24, 2.45) is 17.6 Å². The summed E-state index contributed by atoms with van der Waals surface area (Å²) < 4.78 is 41.8. The smallest absolute Gasteiger partial charge is 0.211 e. The largest absolute Gasteiger partial charge is 0.493 e. The lowest BCUT2D eigenvalue weighted by molar-refractivity contribution is 0.0983. The fourth-order valence-electron chi connectivity index (χ4n) is 3.80. The van der Waals surface area contributed by atoms with Crippen molar-refractivity contribution in [3.63, 3.8) is 0 Å². The van der Waals surface area contributed by atoms with Crippen molar-refractivity contribution in [1.29, 1.82) is 0 Å². The predicted octanol–water partition coefficient (Wildman–Crippen LogP) is 2.67. The normalized spacial score (nSPS) is 15.2. The summed E-state index contributed by atoms with van der Waals surface area (Å²) in [5.41, 5.74) is 7.44. The number of nitrogens with zero attached hydrogens (tertiary/aromatic N) is 1. The van der Waals surface area contributed by atoms with Gasteiger partial charge in [-0.15, -0.1) is 0 Å². The fourth-order valence-corrected chi connectivity index (χ4v) is 4.99. The van der Waals surface area contributed by atoms with E-state index < -0.39 is 22.2 Å². The van der Waals surface area contributed by atoms with Crippen LogP contribution in [-0.4, -0.2) is 76.3 Å². The van der Waals surface area contributed by atoms with E-state index >= 15 is 0 Å². The Balaban J connectivity index is 2.88. The van der Waals surface area contributed by atoms with Gasteiger partial charge in [0.05, 0.1) is 26.1 Å². The Morgan fingerprint density at radius 2 is 1.76 bits per heavy atom. The molecule has 0 saturated heterocycles. The van der Waals surface area contributed by atoms with Crippen molar-refractivity contribution in [1.82, 2.24) is 4.31 Å². The van der Waals surface area contributed by atoms with Crippen LogP contribution in [-0.2, 0) is 21.2 Å². The number of hydrogen-bond donors (Lipinski definition) is 2. The monoisotopic (exact) mass is 488 g/mol. The summed E-state index contributed by atoms with van der Waals surface area (Å²) in [6.45, 7) is 8.99. The third kappa shape index (κ3) is 10.2. The minimum atomic E-state index is -3.42. The van der Waals surface area contributed by atoms with Crippen LogP contribution >= 0.6 is 0 Å². The molecule has 0 aliphatic heterocycles. The number of benzene rings is 1. The lowest BCUT2D eigenvalue weighted by atomic mass is 9.83. The van der Waals surface area contributed by atoms with Gasteiger partial charge in [-0.2, -0.15) is 4.31 Å². The number of aliphatic hydroxyl groups is 1. The molecule has 1 aromatic carbocycles. The lowest BCUT2D eigenvalue weighted by Gasteiger charge is -2.31. The molecule has 0 aliphatic carbocycles. The van der Waals surface area contributed by atoms with Crippen molar-refractivity contribution in [3.05, 3.63) is 23.8 Å². The summed E-state index contributed by atoms with van der Waals surface area (Å²) in [5.74, 6) is 1.90. The number of hydrogen-bond acceptors (Lipinski definition) is 7. The fraction of sp³-hybridized carbons (Fsp3) is 0.750. The van der Waals surface area contributed by atoms with Crippen LogP contribution < -0.4 is 15.2 Å². The SMILES string of the molecule is COCCCOc1cc(CC(CC(N)C(O)CN(C(C)C)S(C)(=O)=O)C(C)C)ccc1OC. The minimum Gasteiger partial charge on any atom is -0.493 e. The molecule has 0 aromatic heterocycles. The van der Waals surface area contributed by atoms with Gasteiger partial charge in [0.15, 0.2) is 11.5 Å². The molecule has 3 N–H and O–H groups in total. The maximum Gasteiger partial charge on any atom is 0.211 e. The van der Waals surface area contributed by atoms with Crippen LogP contribution in [0, 0.1) is 11.8 Å². The predicted molar refractivity (Wildman–Crippen MR) is 132 cm³/mol. The highest BCUT2D eigenvalue weighted by Gasteiger charge is 2.28. The summed E-state index contributed by atoms with van der Waals surface area (Å²) in [6, 6.07) is 5.13. The van der Waals surface area contributed by atoms with Gasteiger partial charge in [-0.25, -0.2) is 8.42 Å². The molecule has 8 nitrogen and oxygen atoms in total. The molecule has 1 aromatic rings. The molecule has 0 saturated carbocycles. The van der Waals surface area contributed by atoms with Gasteiger partial charge in [0, 0.05) is 38.8 Å². The van der Waals surface area contributed by atoms with Crippen molar-refractivity contribution in [3.8, 4) is 11.5 Å². The zero-order chi connectivity index (χ0) is 25.2. The first-order chi connectivity index (χ1) is 15.4. The highest BCUT2D eigenvalue weighted by atomic mass is 32.2. The van der Waals surface area contributed by atoms with E-state index in [2.05, 4.69) is 13.8 Å². The number of rotatable bonds is 16. The van der Waals surface area contributed by atoms with Gasteiger partial charge in [0.25, 0.3) is 0 Å². The number of methoxy groups -OCH3 is 2. The number of nitrogens with two attached hydrogens (primary N) is 1. The second-order valence-corrected chi connectivity index (χ2v) is 11.2. The molecule has 192 valence electrons. The van der Waals surface area contributed by atoms with Crippen LogP contribution in [0.2, 0.25) is 0 Å². The van der Waals surface area contributed by atoms with Crippen molar-refractivity contribution in [2.75, 3.05) is 40.2 Å². The van der Waals surface area contributed by atoms with E-state index in [0.29, 0.717) is 37.1 Å². The van der Waals surface area contributed by atoms with Gasteiger partial charge in [-0.1, -0.05) is 19.9 Å². The Labute approximate surface area is 200 Å². The molecule has 0 aliphatic rings. The van der Waals surface area contributed by atoms with E-state index in [-0.39, 0.29) is 18.5 Å². The molecule has 0 bridgehead atoms. The van der Waals surface area contributed by atoms with Crippen LogP contribution in [0.25, 0.3) is 0 Å². The van der Waals surface area contributed by atoms with Gasteiger partial charge >= 0.3 is 0 Å². The number of ether oxygens (including phenoxy) is 3. The molecule has 0 radical (unpaired) electrons. The van der Waals surface area contributed by atoms with Crippen LogP contribution in [0.4, 0.5) is 0 Å². The van der Waals surface area contributed by atoms with E-state index in [9.17, 15) is 13.5 Å². The van der Waals surface area contributed by atoms with E-state index in [4.69, 9.17) is 19.9 Å². The van der Waals surface area contributed by atoms with Crippen molar-refractivity contribution >= 4 is 10.0 Å². The van der Waals surface area contributed by atoms with Crippen LogP contribution in [0.15, 0.2) is 18.2 Å². The Morgan fingerprint density at radius 1 is 1.09 bits per heavy atom. The van der Waals surface area contributed by atoms with Gasteiger partial charge in [0.2, 0.25) is 10.0 Å². The van der Waals surface area contributed by atoms with Gasteiger partial charge < -0.3 is 25.1 Å². The van der Waals surface area contributed by atoms with E-state index in [1.54, 1.807) is 28.1 Å². The van der Waals surface area contributed by atoms with E-state index in [0.717, 1.165) is 24.7 Å². The maximum absolute atomic E-state index is 12.0. The molecular formula is C24H44N2O6S. The first-order valence-electron chi connectivity index (χ1n) is 11.6. The molecule has 0 fully saturated rings. The average Bonchev–Trinajstić information content (AvgIpc) is 2.73. The average molecular weight is 489 g/mol. The Hall–Kier alpha value is -1.39. The molecule has 33 heavy (non-hydrogen) atoms. The molecular weight excluding hydrogens is 444 g/mol. The van der Waals surface area contributed by atoms with Gasteiger partial charge in [-0.3, -0.25) is 0 Å². The zero-order valence-electron chi connectivity index (χ0n) is 21.3.